The zero-order valence-electron chi connectivity index (χ0n) is 26.1. The van der Waals surface area contributed by atoms with Gasteiger partial charge in [0.15, 0.2) is 5.82 Å². The van der Waals surface area contributed by atoms with Gasteiger partial charge in [0.05, 0.1) is 28.4 Å². The Kier molecular flexibility index (Phi) is 5.79. The summed E-state index contributed by atoms with van der Waals surface area (Å²) in [6.45, 7) is 3.84. The van der Waals surface area contributed by atoms with Crippen LogP contribution >= 0.6 is 0 Å². The first-order chi connectivity index (χ1) is 23.0. The molecule has 0 spiro atoms. The minimum absolute atomic E-state index is 0.00614. The number of aromatic nitrogens is 4. The number of nitriles is 1. The molecule has 2 saturated heterocycles. The number of pyridine rings is 1. The Morgan fingerprint density at radius 2 is 1.66 bits per heavy atom. The summed E-state index contributed by atoms with van der Waals surface area (Å²) in [7, 11) is 0. The largest absolute Gasteiger partial charge is 0.338 e. The van der Waals surface area contributed by atoms with Crippen molar-refractivity contribution in [1.82, 2.24) is 28.9 Å². The molecule has 2 aromatic carbocycles. The quantitative estimate of drug-likeness (QED) is 0.236. The summed E-state index contributed by atoms with van der Waals surface area (Å²) in [5.74, 6) is 4.23. The minimum Gasteiger partial charge on any atom is -0.338 e. The molecule has 3 aromatic heterocycles. The average Bonchev–Trinajstić information content (AvgIpc) is 3.72. The van der Waals surface area contributed by atoms with E-state index < -0.39 is 0 Å². The molecular weight excluding hydrogens is 586 g/mol. The van der Waals surface area contributed by atoms with Crippen molar-refractivity contribution in [3.05, 3.63) is 83.6 Å². The maximum atomic E-state index is 13.8. The number of carbonyl (C=O) groups is 2. The van der Waals surface area contributed by atoms with Crippen LogP contribution in [0, 0.1) is 40.9 Å². The molecule has 234 valence electrons. The van der Waals surface area contributed by atoms with Gasteiger partial charge in [-0.25, -0.2) is 9.97 Å². The fourth-order valence-electron chi connectivity index (χ4n) is 9.00. The Balaban J connectivity index is 0.995. The van der Waals surface area contributed by atoms with Crippen LogP contribution in [0.5, 0.6) is 0 Å². The first-order valence-electron chi connectivity index (χ1n) is 17.1. The van der Waals surface area contributed by atoms with Crippen LogP contribution in [-0.2, 0) is 13.1 Å². The molecule has 9 heteroatoms. The van der Waals surface area contributed by atoms with Crippen LogP contribution in [0.2, 0.25) is 0 Å². The van der Waals surface area contributed by atoms with Gasteiger partial charge in [0.1, 0.15) is 5.65 Å². The molecule has 47 heavy (non-hydrogen) atoms. The van der Waals surface area contributed by atoms with E-state index >= 15 is 0 Å². The highest BCUT2D eigenvalue weighted by Crippen LogP contribution is 2.60. The number of benzene rings is 2. The third-order valence-corrected chi connectivity index (χ3v) is 11.7. The summed E-state index contributed by atoms with van der Waals surface area (Å²) < 4.78 is 4.65. The molecule has 5 aromatic rings. The molecule has 3 saturated carbocycles. The Labute approximate surface area is 272 Å². The van der Waals surface area contributed by atoms with Gasteiger partial charge in [-0.3, -0.25) is 9.59 Å². The third-order valence-electron chi connectivity index (χ3n) is 11.7. The fourth-order valence-corrected chi connectivity index (χ4v) is 9.00. The van der Waals surface area contributed by atoms with Crippen LogP contribution in [0.15, 0.2) is 66.9 Å². The molecule has 0 N–H and O–H groups in total. The van der Waals surface area contributed by atoms with Gasteiger partial charge in [-0.2, -0.15) is 5.26 Å². The van der Waals surface area contributed by atoms with Crippen molar-refractivity contribution in [2.75, 3.05) is 19.6 Å². The predicted octanol–water partition coefficient (Wildman–Crippen LogP) is 5.59. The van der Waals surface area contributed by atoms with Crippen molar-refractivity contribution in [2.45, 2.75) is 44.8 Å². The predicted molar refractivity (Wildman–Crippen MR) is 176 cm³/mol. The number of hydrogen-bond acceptors (Lipinski definition) is 5. The van der Waals surface area contributed by atoms with Gasteiger partial charge in [-0.15, -0.1) is 0 Å². The fraction of sp³-hybridized carbons (Fsp3) is 0.395. The molecule has 5 fully saturated rings. The van der Waals surface area contributed by atoms with E-state index in [0.717, 1.165) is 64.1 Å². The average molecular weight is 622 g/mol. The Morgan fingerprint density at radius 3 is 2.43 bits per heavy atom. The van der Waals surface area contributed by atoms with Crippen molar-refractivity contribution in [3.8, 4) is 17.6 Å². The Hall–Kier alpha value is -4.97. The number of likely N-dealkylation sites (tertiary alicyclic amines) is 2. The first-order valence-corrected chi connectivity index (χ1v) is 17.1. The smallest absolute Gasteiger partial charge is 0.254 e. The van der Waals surface area contributed by atoms with Crippen LogP contribution in [0.4, 0.5) is 0 Å². The molecule has 0 radical (unpaired) electrons. The Bertz CT molecular complexity index is 2150. The number of amides is 2. The van der Waals surface area contributed by atoms with Crippen molar-refractivity contribution >= 4 is 33.9 Å². The third kappa shape index (κ3) is 4.20. The molecule has 5 aliphatic rings. The van der Waals surface area contributed by atoms with Crippen molar-refractivity contribution in [1.29, 1.82) is 5.26 Å². The van der Waals surface area contributed by atoms with E-state index in [-0.39, 0.29) is 17.7 Å². The van der Waals surface area contributed by atoms with Crippen molar-refractivity contribution in [3.63, 3.8) is 0 Å². The second-order valence-corrected chi connectivity index (χ2v) is 14.6. The van der Waals surface area contributed by atoms with Crippen LogP contribution < -0.4 is 0 Å². The van der Waals surface area contributed by atoms with Crippen LogP contribution in [0.1, 0.15) is 52.0 Å². The van der Waals surface area contributed by atoms with Gasteiger partial charge >= 0.3 is 0 Å². The lowest BCUT2D eigenvalue weighted by atomic mass is 9.53. The van der Waals surface area contributed by atoms with E-state index in [0.29, 0.717) is 48.6 Å². The van der Waals surface area contributed by atoms with Gasteiger partial charge in [0.25, 0.3) is 11.8 Å². The number of hydrogen-bond donors (Lipinski definition) is 0. The zero-order valence-corrected chi connectivity index (χ0v) is 26.1. The highest BCUT2D eigenvalue weighted by molar-refractivity contribution is 5.99. The minimum atomic E-state index is -0.00614. The summed E-state index contributed by atoms with van der Waals surface area (Å²) in [6, 6.07) is 21.8. The second kappa shape index (κ2) is 10.0. The van der Waals surface area contributed by atoms with E-state index in [4.69, 9.17) is 15.2 Å². The molecule has 2 aliphatic heterocycles. The van der Waals surface area contributed by atoms with E-state index in [9.17, 15) is 9.59 Å². The van der Waals surface area contributed by atoms with E-state index in [1.54, 1.807) is 24.3 Å². The lowest BCUT2D eigenvalue weighted by molar-refractivity contribution is -0.0204. The zero-order chi connectivity index (χ0) is 31.4. The maximum absolute atomic E-state index is 13.8. The monoisotopic (exact) mass is 621 g/mol. The van der Waals surface area contributed by atoms with E-state index in [2.05, 4.69) is 38.3 Å². The lowest BCUT2D eigenvalue weighted by Crippen LogP contribution is -2.53. The van der Waals surface area contributed by atoms with Gasteiger partial charge in [0.2, 0.25) is 0 Å². The number of fused-ring (bicyclic) bond motifs is 2. The molecule has 3 unspecified atom stereocenters. The molecule has 0 bridgehead atoms. The second-order valence-electron chi connectivity index (χ2n) is 14.6. The van der Waals surface area contributed by atoms with Gasteiger partial charge in [-0.1, -0.05) is 0 Å². The summed E-state index contributed by atoms with van der Waals surface area (Å²) in [4.78, 5) is 41.1. The van der Waals surface area contributed by atoms with Crippen LogP contribution in [-0.4, -0.2) is 66.4 Å². The summed E-state index contributed by atoms with van der Waals surface area (Å²) in [6.07, 6.45) is 6.79. The highest BCUT2D eigenvalue weighted by Gasteiger charge is 2.61. The van der Waals surface area contributed by atoms with Gasteiger partial charge in [-0.05, 0) is 110 Å². The summed E-state index contributed by atoms with van der Waals surface area (Å²) >= 11 is 0. The molecule has 3 aliphatic carbocycles. The van der Waals surface area contributed by atoms with Gasteiger partial charge < -0.3 is 18.9 Å². The molecule has 4 atom stereocenters. The highest BCUT2D eigenvalue weighted by atomic mass is 16.2. The molecule has 9 nitrogen and oxygen atoms in total. The first kappa shape index (κ1) is 27.2. The van der Waals surface area contributed by atoms with Gasteiger partial charge in [0, 0.05) is 67.4 Å². The standard InChI is InChI=1S/C38H35N7O2/c39-16-22-5-7-25(8-6-22)37(46)42-17-24(18-42)20-43-31-10-9-27(38(47)45-21-29-12-28-15-32(45)34(28)29)13-30(31)41-36(43)33-14-26-2-1-11-40-35(26)44(33)19-23-3-4-23/h1-2,5-11,13-14,23-24,28-29,32,34H,3-4,12,15,17-21H2/t28?,29?,32?,34-/m1/s1. The summed E-state index contributed by atoms with van der Waals surface area (Å²) in [5.41, 5.74) is 5.75. The van der Waals surface area contributed by atoms with Crippen molar-refractivity contribution in [2.24, 2.45) is 29.6 Å². The van der Waals surface area contributed by atoms with Crippen molar-refractivity contribution < 1.29 is 9.59 Å². The summed E-state index contributed by atoms with van der Waals surface area (Å²) in [5, 5.41) is 10.2. The van der Waals surface area contributed by atoms with E-state index in [1.165, 1.54) is 25.7 Å². The van der Waals surface area contributed by atoms with Crippen LogP contribution in [0.25, 0.3) is 33.6 Å². The molecule has 10 rings (SSSR count). The van der Waals surface area contributed by atoms with E-state index in [1.807, 2.05) is 29.3 Å². The molecule has 2 amide bonds. The lowest BCUT2D eigenvalue weighted by Gasteiger charge is -2.52. The number of imidazole rings is 1. The van der Waals surface area contributed by atoms with Crippen LogP contribution in [0.3, 0.4) is 0 Å². The number of rotatable bonds is 7. The topological polar surface area (TPSA) is 100 Å². The SMILES string of the molecule is N#Cc1ccc(C(=O)N2CC(Cn3c(-c4cc5cccnc5n4CC4CC4)nc4cc(C(=O)N5CC6CC7CC5[C@H]76)ccc43)C2)cc1. The normalized spacial score (nSPS) is 24.5. The molecular formula is C38H35N7O2. The maximum Gasteiger partial charge on any atom is 0.254 e. The number of nitrogens with zero attached hydrogens (tertiary/aromatic N) is 7. The Morgan fingerprint density at radius 1 is 0.851 bits per heavy atom. The molecule has 5 heterocycles. The number of carbonyl (C=O) groups excluding carboxylic acids is 2.